The summed E-state index contributed by atoms with van der Waals surface area (Å²) in [6.45, 7) is 4.28. The lowest BCUT2D eigenvalue weighted by Crippen LogP contribution is -2.25. The van der Waals surface area contributed by atoms with Crippen LogP contribution in [0.4, 0.5) is 5.82 Å². The van der Waals surface area contributed by atoms with Crippen molar-refractivity contribution >= 4 is 22.6 Å². The van der Waals surface area contributed by atoms with E-state index in [1.165, 1.54) is 0 Å². The van der Waals surface area contributed by atoms with Crippen molar-refractivity contribution in [3.8, 4) is 0 Å². The number of hydrogen-bond acceptors (Lipinski definition) is 3. The fourth-order valence-electron chi connectivity index (χ4n) is 2.38. The molecule has 0 amide bonds. The summed E-state index contributed by atoms with van der Waals surface area (Å²) in [5, 5.41) is 13.7. The number of carboxylic acids is 1. The smallest absolute Gasteiger partial charge is 0.308 e. The molecule has 1 unspecified atom stereocenters. The van der Waals surface area contributed by atoms with E-state index in [0.29, 0.717) is 30.1 Å². The molecule has 3 N–H and O–H groups in total. The van der Waals surface area contributed by atoms with Gasteiger partial charge in [-0.05, 0) is 29.9 Å². The molecule has 1 atom stereocenters. The standard InChI is InChI=1S/C16H20N2O3/c1-10(2)7-12(16(20)21)9-17-14-8-11-5-3-4-6-13(11)15(19)18-14/h3-6,8,10,12H,7,9H2,1-2H3,(H,20,21)(H2,17,18,19). The van der Waals surface area contributed by atoms with E-state index in [-0.39, 0.29) is 5.56 Å². The van der Waals surface area contributed by atoms with Gasteiger partial charge in [-0.15, -0.1) is 0 Å². The van der Waals surface area contributed by atoms with Crippen LogP contribution in [0, 0.1) is 11.8 Å². The van der Waals surface area contributed by atoms with Gasteiger partial charge >= 0.3 is 5.97 Å². The number of hydrogen-bond donors (Lipinski definition) is 3. The van der Waals surface area contributed by atoms with Crippen molar-refractivity contribution in [1.82, 2.24) is 4.98 Å². The number of aromatic amines is 1. The van der Waals surface area contributed by atoms with Crippen LogP contribution in [0.5, 0.6) is 0 Å². The van der Waals surface area contributed by atoms with Crippen molar-refractivity contribution in [3.05, 3.63) is 40.7 Å². The average molecular weight is 288 g/mol. The van der Waals surface area contributed by atoms with Gasteiger partial charge in [0.15, 0.2) is 0 Å². The van der Waals surface area contributed by atoms with E-state index >= 15 is 0 Å². The maximum absolute atomic E-state index is 11.9. The Kier molecular flexibility index (Phi) is 4.62. The lowest BCUT2D eigenvalue weighted by atomic mass is 9.97. The molecule has 0 radical (unpaired) electrons. The summed E-state index contributed by atoms with van der Waals surface area (Å²) >= 11 is 0. The SMILES string of the molecule is CC(C)CC(CNc1cc2ccccc2c(=O)[nH]1)C(=O)O. The summed E-state index contributed by atoms with van der Waals surface area (Å²) in [5.41, 5.74) is -0.175. The van der Waals surface area contributed by atoms with Crippen LogP contribution in [0.2, 0.25) is 0 Å². The number of aromatic nitrogens is 1. The minimum absolute atomic E-state index is 0.175. The van der Waals surface area contributed by atoms with E-state index < -0.39 is 11.9 Å². The molecule has 0 saturated heterocycles. The van der Waals surface area contributed by atoms with Gasteiger partial charge in [-0.1, -0.05) is 32.0 Å². The van der Waals surface area contributed by atoms with E-state index in [2.05, 4.69) is 10.3 Å². The van der Waals surface area contributed by atoms with Gasteiger partial charge in [0.1, 0.15) is 5.82 Å². The number of nitrogens with one attached hydrogen (secondary N) is 2. The predicted molar refractivity (Wildman–Crippen MR) is 83.6 cm³/mol. The molecule has 0 aliphatic carbocycles. The van der Waals surface area contributed by atoms with Gasteiger partial charge in [-0.2, -0.15) is 0 Å². The summed E-state index contributed by atoms with van der Waals surface area (Å²) < 4.78 is 0. The Morgan fingerprint density at radius 1 is 1.33 bits per heavy atom. The molecule has 0 aliphatic heterocycles. The maximum atomic E-state index is 11.9. The van der Waals surface area contributed by atoms with Crippen LogP contribution in [0.15, 0.2) is 35.1 Å². The zero-order valence-corrected chi connectivity index (χ0v) is 12.2. The van der Waals surface area contributed by atoms with Crippen LogP contribution >= 0.6 is 0 Å². The van der Waals surface area contributed by atoms with E-state index in [0.717, 1.165) is 5.39 Å². The highest BCUT2D eigenvalue weighted by Gasteiger charge is 2.18. The number of H-pyrrole nitrogens is 1. The Balaban J connectivity index is 2.16. The van der Waals surface area contributed by atoms with Crippen LogP contribution in [0.25, 0.3) is 10.8 Å². The highest BCUT2D eigenvalue weighted by atomic mass is 16.4. The number of carboxylic acid groups (broad SMARTS) is 1. The van der Waals surface area contributed by atoms with E-state index in [9.17, 15) is 14.7 Å². The van der Waals surface area contributed by atoms with Crippen molar-refractivity contribution in [1.29, 1.82) is 0 Å². The summed E-state index contributed by atoms with van der Waals surface area (Å²) in [7, 11) is 0. The second kappa shape index (κ2) is 6.43. The molecular formula is C16H20N2O3. The molecule has 112 valence electrons. The van der Waals surface area contributed by atoms with Crippen molar-refractivity contribution in [3.63, 3.8) is 0 Å². The fraction of sp³-hybridized carbons (Fsp3) is 0.375. The number of pyridine rings is 1. The minimum Gasteiger partial charge on any atom is -0.481 e. The van der Waals surface area contributed by atoms with Crippen LogP contribution in [-0.4, -0.2) is 22.6 Å². The first kappa shape index (κ1) is 15.1. The molecule has 1 heterocycles. The molecule has 0 bridgehead atoms. The van der Waals surface area contributed by atoms with Crippen LogP contribution in [0.3, 0.4) is 0 Å². The monoisotopic (exact) mass is 288 g/mol. The first-order valence-corrected chi connectivity index (χ1v) is 7.06. The van der Waals surface area contributed by atoms with Gasteiger partial charge in [-0.3, -0.25) is 9.59 Å². The molecule has 5 heteroatoms. The second-order valence-electron chi connectivity index (χ2n) is 5.64. The number of rotatable bonds is 6. The molecule has 0 fully saturated rings. The number of benzene rings is 1. The third-order valence-corrected chi connectivity index (χ3v) is 3.40. The topological polar surface area (TPSA) is 82.2 Å². The van der Waals surface area contributed by atoms with Crippen molar-refractivity contribution in [2.24, 2.45) is 11.8 Å². The third-order valence-electron chi connectivity index (χ3n) is 3.40. The van der Waals surface area contributed by atoms with E-state index in [4.69, 9.17) is 0 Å². The summed E-state index contributed by atoms with van der Waals surface area (Å²) in [5.74, 6) is -0.434. The maximum Gasteiger partial charge on any atom is 0.308 e. The lowest BCUT2D eigenvalue weighted by Gasteiger charge is -2.16. The quantitative estimate of drug-likeness (QED) is 0.763. The fourth-order valence-corrected chi connectivity index (χ4v) is 2.38. The molecule has 0 aliphatic rings. The molecule has 0 spiro atoms. The normalized spacial score (nSPS) is 12.5. The summed E-state index contributed by atoms with van der Waals surface area (Å²) in [4.78, 5) is 25.9. The van der Waals surface area contributed by atoms with Gasteiger partial charge in [-0.25, -0.2) is 0 Å². The molecule has 5 nitrogen and oxygen atoms in total. The zero-order valence-electron chi connectivity index (χ0n) is 12.2. The van der Waals surface area contributed by atoms with Crippen molar-refractivity contribution in [2.45, 2.75) is 20.3 Å². The van der Waals surface area contributed by atoms with Gasteiger partial charge < -0.3 is 15.4 Å². The minimum atomic E-state index is -0.820. The molecule has 1 aromatic heterocycles. The molecule has 0 saturated carbocycles. The molecule has 1 aromatic carbocycles. The van der Waals surface area contributed by atoms with Gasteiger partial charge in [0.05, 0.1) is 5.92 Å². The Hall–Kier alpha value is -2.30. The summed E-state index contributed by atoms with van der Waals surface area (Å²) in [6.07, 6.45) is 0.597. The Morgan fingerprint density at radius 3 is 2.71 bits per heavy atom. The van der Waals surface area contributed by atoms with E-state index in [1.54, 1.807) is 6.07 Å². The highest BCUT2D eigenvalue weighted by molar-refractivity contribution is 5.83. The lowest BCUT2D eigenvalue weighted by molar-refractivity contribution is -0.141. The van der Waals surface area contributed by atoms with Gasteiger partial charge in [0.2, 0.25) is 0 Å². The highest BCUT2D eigenvalue weighted by Crippen LogP contribution is 2.15. The van der Waals surface area contributed by atoms with Crippen LogP contribution in [-0.2, 0) is 4.79 Å². The average Bonchev–Trinajstić information content (AvgIpc) is 2.43. The Morgan fingerprint density at radius 2 is 2.05 bits per heavy atom. The van der Waals surface area contributed by atoms with Crippen LogP contribution in [0.1, 0.15) is 20.3 Å². The number of anilines is 1. The Labute approximate surface area is 123 Å². The molecule has 21 heavy (non-hydrogen) atoms. The predicted octanol–water partition coefficient (Wildman–Crippen LogP) is 2.69. The first-order chi connectivity index (χ1) is 9.97. The summed E-state index contributed by atoms with van der Waals surface area (Å²) in [6, 6.07) is 9.12. The second-order valence-corrected chi connectivity index (χ2v) is 5.64. The first-order valence-electron chi connectivity index (χ1n) is 7.06. The van der Waals surface area contributed by atoms with Crippen LogP contribution < -0.4 is 10.9 Å². The van der Waals surface area contributed by atoms with Gasteiger partial charge in [0, 0.05) is 11.9 Å². The van der Waals surface area contributed by atoms with Gasteiger partial charge in [0.25, 0.3) is 5.56 Å². The van der Waals surface area contributed by atoms with Crippen molar-refractivity contribution in [2.75, 3.05) is 11.9 Å². The van der Waals surface area contributed by atoms with Crippen molar-refractivity contribution < 1.29 is 9.90 Å². The third kappa shape index (κ3) is 3.84. The largest absolute Gasteiger partial charge is 0.481 e. The number of fused-ring (bicyclic) bond motifs is 1. The molecular weight excluding hydrogens is 268 g/mol. The number of carbonyl (C=O) groups is 1. The Bertz CT molecular complexity index is 691. The van der Waals surface area contributed by atoms with E-state index in [1.807, 2.05) is 38.1 Å². The molecule has 2 rings (SSSR count). The zero-order chi connectivity index (χ0) is 15.4. The number of aliphatic carboxylic acids is 1. The molecule has 2 aromatic rings.